The molecule has 0 aliphatic carbocycles. The zero-order valence-corrected chi connectivity index (χ0v) is 16.8. The van der Waals surface area contributed by atoms with Crippen LogP contribution in [0.2, 0.25) is 0 Å². The van der Waals surface area contributed by atoms with Crippen molar-refractivity contribution < 1.29 is 4.79 Å². The van der Waals surface area contributed by atoms with Gasteiger partial charge in [-0.05, 0) is 50.6 Å². The van der Waals surface area contributed by atoms with Crippen molar-refractivity contribution in [1.29, 1.82) is 0 Å². The molecule has 0 bridgehead atoms. The number of carbonyl (C=O) groups excluding carboxylic acids is 1. The Morgan fingerprint density at radius 3 is 2.76 bits per heavy atom. The average Bonchev–Trinajstić information content (AvgIpc) is 2.93. The van der Waals surface area contributed by atoms with Gasteiger partial charge in [0.2, 0.25) is 0 Å². The number of aromatic nitrogens is 2. The molecule has 2 amide bonds. The molecule has 6 heteroatoms. The number of anilines is 3. The predicted octanol–water partition coefficient (Wildman–Crippen LogP) is 4.72. The summed E-state index contributed by atoms with van der Waals surface area (Å²) in [5.74, 6) is 1.22. The Morgan fingerprint density at radius 2 is 2.00 bits per heavy atom. The van der Waals surface area contributed by atoms with Crippen LogP contribution in [0.15, 0.2) is 60.8 Å². The maximum atomic E-state index is 13.1. The van der Waals surface area contributed by atoms with Crippen molar-refractivity contribution in [1.82, 2.24) is 9.97 Å². The molecule has 0 atom stereocenters. The Bertz CT molecular complexity index is 1010. The maximum Gasteiger partial charge on any atom is 0.328 e. The van der Waals surface area contributed by atoms with Crippen LogP contribution in [0.1, 0.15) is 18.9 Å². The van der Waals surface area contributed by atoms with E-state index in [0.29, 0.717) is 18.2 Å². The summed E-state index contributed by atoms with van der Waals surface area (Å²) in [5, 5.41) is 2.90. The van der Waals surface area contributed by atoms with Crippen molar-refractivity contribution >= 4 is 23.4 Å². The zero-order chi connectivity index (χ0) is 20.2. The first-order valence-corrected chi connectivity index (χ1v) is 9.98. The fourth-order valence-corrected chi connectivity index (χ4v) is 3.64. The molecule has 4 rings (SSSR count). The molecule has 29 heavy (non-hydrogen) atoms. The molecule has 0 saturated carbocycles. The van der Waals surface area contributed by atoms with E-state index in [-0.39, 0.29) is 6.03 Å². The monoisotopic (exact) mass is 387 g/mol. The normalized spacial score (nSPS) is 13.6. The zero-order valence-electron chi connectivity index (χ0n) is 16.8. The van der Waals surface area contributed by atoms with Crippen LogP contribution in [0.25, 0.3) is 11.3 Å². The fourth-order valence-electron chi connectivity index (χ4n) is 3.64. The molecule has 1 aromatic carbocycles. The third-order valence-corrected chi connectivity index (χ3v) is 5.10. The molecule has 0 spiro atoms. The van der Waals surface area contributed by atoms with Gasteiger partial charge in [0.05, 0.1) is 11.4 Å². The van der Waals surface area contributed by atoms with Crippen LogP contribution >= 0.6 is 0 Å². The summed E-state index contributed by atoms with van der Waals surface area (Å²) in [4.78, 5) is 26.2. The number of aryl methyl sites for hydroxylation is 1. The second-order valence-electron chi connectivity index (χ2n) is 7.14. The molecule has 1 aliphatic heterocycles. The first-order chi connectivity index (χ1) is 14.2. The lowest BCUT2D eigenvalue weighted by Gasteiger charge is -2.25. The molecule has 6 nitrogen and oxygen atoms in total. The second-order valence-corrected chi connectivity index (χ2v) is 7.14. The topological polar surface area (TPSA) is 61.4 Å². The van der Waals surface area contributed by atoms with E-state index < -0.39 is 0 Å². The van der Waals surface area contributed by atoms with E-state index in [9.17, 15) is 4.79 Å². The number of hydrogen-bond acceptors (Lipinski definition) is 4. The quantitative estimate of drug-likeness (QED) is 0.706. The SMILES string of the molecule is CCN1CCCN(C(=O)Nc2ccccn2)c2nc(-c3cccc(C)c3)ccc21. The molecule has 0 saturated heterocycles. The van der Waals surface area contributed by atoms with Gasteiger partial charge in [-0.1, -0.05) is 29.8 Å². The van der Waals surface area contributed by atoms with Gasteiger partial charge in [-0.2, -0.15) is 0 Å². The minimum Gasteiger partial charge on any atom is -0.369 e. The number of pyridine rings is 2. The Kier molecular flexibility index (Phi) is 5.42. The fraction of sp³-hybridized carbons (Fsp3) is 0.261. The lowest BCUT2D eigenvalue weighted by molar-refractivity contribution is 0.256. The minimum absolute atomic E-state index is 0.211. The van der Waals surface area contributed by atoms with E-state index in [1.54, 1.807) is 17.2 Å². The first kappa shape index (κ1) is 18.9. The second kappa shape index (κ2) is 8.31. The van der Waals surface area contributed by atoms with Crippen LogP contribution in [0.3, 0.4) is 0 Å². The Balaban J connectivity index is 1.74. The number of benzene rings is 1. The highest BCUT2D eigenvalue weighted by Crippen LogP contribution is 2.33. The van der Waals surface area contributed by atoms with Gasteiger partial charge in [0.15, 0.2) is 5.82 Å². The number of urea groups is 1. The summed E-state index contributed by atoms with van der Waals surface area (Å²) in [6, 6.07) is 17.6. The number of nitrogens with zero attached hydrogens (tertiary/aromatic N) is 4. The van der Waals surface area contributed by atoms with Gasteiger partial charge in [0, 0.05) is 31.4 Å². The molecule has 2 aromatic heterocycles. The number of nitrogens with one attached hydrogen (secondary N) is 1. The number of fused-ring (bicyclic) bond motifs is 1. The smallest absolute Gasteiger partial charge is 0.328 e. The highest BCUT2D eigenvalue weighted by molar-refractivity contribution is 6.03. The van der Waals surface area contributed by atoms with Crippen LogP contribution in [-0.2, 0) is 0 Å². The van der Waals surface area contributed by atoms with Crippen molar-refractivity contribution in [3.63, 3.8) is 0 Å². The van der Waals surface area contributed by atoms with Crippen molar-refractivity contribution in [2.24, 2.45) is 0 Å². The van der Waals surface area contributed by atoms with E-state index in [2.05, 4.69) is 47.2 Å². The van der Waals surface area contributed by atoms with E-state index in [0.717, 1.165) is 36.5 Å². The maximum absolute atomic E-state index is 13.1. The van der Waals surface area contributed by atoms with Gasteiger partial charge in [0.1, 0.15) is 5.82 Å². The molecular weight excluding hydrogens is 362 g/mol. The summed E-state index contributed by atoms with van der Waals surface area (Å²) in [6.45, 7) is 6.56. The molecule has 1 aliphatic rings. The predicted molar refractivity (Wildman–Crippen MR) is 118 cm³/mol. The standard InChI is InChI=1S/C23H25N5O/c1-3-27-14-7-15-28(23(29)26-21-10-4-5-13-24-21)22-20(27)12-11-19(25-22)18-9-6-8-17(2)16-18/h4-6,8-13,16H,3,7,14-15H2,1-2H3,(H,24,26,29). The molecule has 148 valence electrons. The molecule has 3 heterocycles. The van der Waals surface area contributed by atoms with Gasteiger partial charge in [-0.3, -0.25) is 10.2 Å². The van der Waals surface area contributed by atoms with Crippen LogP contribution in [0.5, 0.6) is 0 Å². The summed E-state index contributed by atoms with van der Waals surface area (Å²) in [7, 11) is 0. The summed E-state index contributed by atoms with van der Waals surface area (Å²) in [5.41, 5.74) is 4.07. The van der Waals surface area contributed by atoms with Crippen LogP contribution in [0.4, 0.5) is 22.1 Å². The van der Waals surface area contributed by atoms with Crippen LogP contribution < -0.4 is 15.1 Å². The Morgan fingerprint density at radius 1 is 1.10 bits per heavy atom. The molecular formula is C23H25N5O. The van der Waals surface area contributed by atoms with Crippen molar-refractivity contribution in [2.45, 2.75) is 20.3 Å². The van der Waals surface area contributed by atoms with Crippen molar-refractivity contribution in [2.75, 3.05) is 34.8 Å². The van der Waals surface area contributed by atoms with Crippen molar-refractivity contribution in [3.05, 3.63) is 66.4 Å². The highest BCUT2D eigenvalue weighted by Gasteiger charge is 2.26. The van der Waals surface area contributed by atoms with Gasteiger partial charge in [-0.15, -0.1) is 0 Å². The third-order valence-electron chi connectivity index (χ3n) is 5.10. The number of amides is 2. The molecule has 0 radical (unpaired) electrons. The average molecular weight is 387 g/mol. The summed E-state index contributed by atoms with van der Waals surface area (Å²) >= 11 is 0. The Labute approximate surface area is 171 Å². The first-order valence-electron chi connectivity index (χ1n) is 9.98. The Hall–Kier alpha value is -3.41. The molecule has 0 unspecified atom stereocenters. The lowest BCUT2D eigenvalue weighted by Crippen LogP contribution is -2.36. The minimum atomic E-state index is -0.211. The number of carbonyl (C=O) groups is 1. The van der Waals surface area contributed by atoms with Gasteiger partial charge < -0.3 is 4.90 Å². The third kappa shape index (κ3) is 4.06. The number of rotatable bonds is 3. The van der Waals surface area contributed by atoms with E-state index in [4.69, 9.17) is 4.98 Å². The number of hydrogen-bond donors (Lipinski definition) is 1. The van der Waals surface area contributed by atoms with Gasteiger partial charge in [-0.25, -0.2) is 14.8 Å². The molecule has 3 aromatic rings. The molecule has 0 fully saturated rings. The van der Waals surface area contributed by atoms with Crippen LogP contribution in [0, 0.1) is 6.92 Å². The van der Waals surface area contributed by atoms with Crippen molar-refractivity contribution in [3.8, 4) is 11.3 Å². The van der Waals surface area contributed by atoms with Gasteiger partial charge >= 0.3 is 6.03 Å². The van der Waals surface area contributed by atoms with E-state index in [1.807, 2.05) is 30.3 Å². The largest absolute Gasteiger partial charge is 0.369 e. The van der Waals surface area contributed by atoms with Gasteiger partial charge in [0.25, 0.3) is 0 Å². The van der Waals surface area contributed by atoms with E-state index in [1.165, 1.54) is 5.56 Å². The van der Waals surface area contributed by atoms with Crippen LogP contribution in [-0.4, -0.2) is 35.6 Å². The van der Waals surface area contributed by atoms with E-state index >= 15 is 0 Å². The lowest BCUT2D eigenvalue weighted by atomic mass is 10.1. The summed E-state index contributed by atoms with van der Waals surface area (Å²) in [6.07, 6.45) is 2.54. The summed E-state index contributed by atoms with van der Waals surface area (Å²) < 4.78 is 0. The molecule has 1 N–H and O–H groups in total. The highest BCUT2D eigenvalue weighted by atomic mass is 16.2.